The van der Waals surface area contributed by atoms with Gasteiger partial charge < -0.3 is 15.0 Å². The summed E-state index contributed by atoms with van der Waals surface area (Å²) in [4.78, 5) is 5.22. The fourth-order valence-corrected chi connectivity index (χ4v) is 2.82. The molecule has 0 bridgehead atoms. The Kier molecular flexibility index (Phi) is 2.92. The van der Waals surface area contributed by atoms with Gasteiger partial charge in [0.2, 0.25) is 0 Å². The normalized spacial score (nSPS) is 34.8. The lowest BCUT2D eigenvalue weighted by atomic mass is 10.0. The van der Waals surface area contributed by atoms with Crippen LogP contribution in [0, 0.1) is 5.92 Å². The van der Waals surface area contributed by atoms with Crippen LogP contribution in [-0.4, -0.2) is 74.9 Å². The van der Waals surface area contributed by atoms with Crippen LogP contribution in [0.2, 0.25) is 0 Å². The molecule has 4 heteroatoms. The van der Waals surface area contributed by atoms with Gasteiger partial charge in [-0.25, -0.2) is 0 Å². The molecule has 3 rings (SSSR count). The Morgan fingerprint density at radius 2 is 2.13 bits per heavy atom. The predicted molar refractivity (Wildman–Crippen MR) is 59.0 cm³/mol. The van der Waals surface area contributed by atoms with Crippen molar-refractivity contribution in [1.82, 2.24) is 15.1 Å². The van der Waals surface area contributed by atoms with Crippen molar-refractivity contribution in [3.05, 3.63) is 0 Å². The van der Waals surface area contributed by atoms with E-state index in [2.05, 4.69) is 15.1 Å². The summed E-state index contributed by atoms with van der Waals surface area (Å²) in [6.07, 6.45) is 0. The molecule has 0 saturated carbocycles. The van der Waals surface area contributed by atoms with Crippen LogP contribution in [0.5, 0.6) is 0 Å². The third-order valence-electron chi connectivity index (χ3n) is 3.90. The van der Waals surface area contributed by atoms with E-state index in [-0.39, 0.29) is 0 Å². The number of hydrogen-bond donors (Lipinski definition) is 1. The molecule has 0 aromatic carbocycles. The first kappa shape index (κ1) is 10.0. The van der Waals surface area contributed by atoms with Gasteiger partial charge in [0.1, 0.15) is 0 Å². The fraction of sp³-hybridized carbons (Fsp3) is 1.00. The van der Waals surface area contributed by atoms with Gasteiger partial charge in [0.15, 0.2) is 0 Å². The van der Waals surface area contributed by atoms with Crippen molar-refractivity contribution in [3.63, 3.8) is 0 Å². The zero-order chi connectivity index (χ0) is 10.1. The molecule has 0 radical (unpaired) electrons. The van der Waals surface area contributed by atoms with E-state index in [4.69, 9.17) is 4.74 Å². The van der Waals surface area contributed by atoms with E-state index in [9.17, 15) is 0 Å². The van der Waals surface area contributed by atoms with Crippen LogP contribution in [0.1, 0.15) is 0 Å². The second-order valence-corrected chi connectivity index (χ2v) is 5.05. The number of nitrogens with one attached hydrogen (secondary N) is 1. The third-order valence-corrected chi connectivity index (χ3v) is 3.90. The second kappa shape index (κ2) is 4.37. The number of nitrogens with zero attached hydrogens (tertiary/aromatic N) is 2. The van der Waals surface area contributed by atoms with Crippen molar-refractivity contribution in [2.75, 3.05) is 59.0 Å². The van der Waals surface area contributed by atoms with Crippen LogP contribution < -0.4 is 5.32 Å². The number of rotatable bonds is 2. The SMILES string of the molecule is C1CN2CCN(CC3CNC3)C[C@H]2CO1. The Morgan fingerprint density at radius 1 is 1.20 bits per heavy atom. The van der Waals surface area contributed by atoms with Crippen LogP contribution in [-0.2, 0) is 4.74 Å². The van der Waals surface area contributed by atoms with Gasteiger partial charge >= 0.3 is 0 Å². The molecular formula is C11H21N3O. The average Bonchev–Trinajstić information content (AvgIpc) is 2.23. The van der Waals surface area contributed by atoms with Crippen molar-refractivity contribution >= 4 is 0 Å². The number of fused-ring (bicyclic) bond motifs is 1. The monoisotopic (exact) mass is 211 g/mol. The molecule has 4 nitrogen and oxygen atoms in total. The molecule has 0 unspecified atom stereocenters. The van der Waals surface area contributed by atoms with E-state index in [1.807, 2.05) is 0 Å². The third kappa shape index (κ3) is 2.18. The minimum Gasteiger partial charge on any atom is -0.378 e. The van der Waals surface area contributed by atoms with E-state index < -0.39 is 0 Å². The quantitative estimate of drug-likeness (QED) is 0.649. The maximum absolute atomic E-state index is 5.55. The maximum atomic E-state index is 5.55. The summed E-state index contributed by atoms with van der Waals surface area (Å²) in [5.74, 6) is 0.904. The highest BCUT2D eigenvalue weighted by atomic mass is 16.5. The Morgan fingerprint density at radius 3 is 2.93 bits per heavy atom. The van der Waals surface area contributed by atoms with Crippen LogP contribution in [0.3, 0.4) is 0 Å². The lowest BCUT2D eigenvalue weighted by Crippen LogP contribution is -2.60. The molecule has 3 saturated heterocycles. The molecular weight excluding hydrogens is 190 g/mol. The van der Waals surface area contributed by atoms with Gasteiger partial charge in [-0.2, -0.15) is 0 Å². The van der Waals surface area contributed by atoms with Crippen LogP contribution in [0.4, 0.5) is 0 Å². The van der Waals surface area contributed by atoms with Crippen molar-refractivity contribution in [2.24, 2.45) is 5.92 Å². The van der Waals surface area contributed by atoms with Crippen LogP contribution in [0.25, 0.3) is 0 Å². The van der Waals surface area contributed by atoms with E-state index in [0.717, 1.165) is 25.7 Å². The summed E-state index contributed by atoms with van der Waals surface area (Å²) in [5.41, 5.74) is 0. The Bertz CT molecular complexity index is 220. The molecule has 3 heterocycles. The van der Waals surface area contributed by atoms with Gasteiger partial charge in [-0.15, -0.1) is 0 Å². The van der Waals surface area contributed by atoms with E-state index in [1.165, 1.54) is 39.3 Å². The molecule has 1 N–H and O–H groups in total. The summed E-state index contributed by atoms with van der Waals surface area (Å²) >= 11 is 0. The average molecular weight is 211 g/mol. The van der Waals surface area contributed by atoms with Gasteiger partial charge in [-0.1, -0.05) is 0 Å². The molecule has 15 heavy (non-hydrogen) atoms. The van der Waals surface area contributed by atoms with E-state index in [1.54, 1.807) is 0 Å². The molecule has 0 aromatic heterocycles. The van der Waals surface area contributed by atoms with Crippen molar-refractivity contribution in [2.45, 2.75) is 6.04 Å². The number of ether oxygens (including phenoxy) is 1. The zero-order valence-electron chi connectivity index (χ0n) is 9.32. The molecule has 0 amide bonds. The summed E-state index contributed by atoms with van der Waals surface area (Å²) in [7, 11) is 0. The number of morpholine rings is 1. The highest BCUT2D eigenvalue weighted by molar-refractivity contribution is 4.87. The first-order valence-corrected chi connectivity index (χ1v) is 6.17. The second-order valence-electron chi connectivity index (χ2n) is 5.05. The Labute approximate surface area is 91.6 Å². The molecule has 3 fully saturated rings. The van der Waals surface area contributed by atoms with Gasteiger partial charge in [0.05, 0.1) is 13.2 Å². The van der Waals surface area contributed by atoms with Crippen molar-refractivity contribution in [3.8, 4) is 0 Å². The van der Waals surface area contributed by atoms with E-state index in [0.29, 0.717) is 6.04 Å². The fourth-order valence-electron chi connectivity index (χ4n) is 2.82. The maximum Gasteiger partial charge on any atom is 0.0634 e. The lowest BCUT2D eigenvalue weighted by molar-refractivity contribution is -0.0481. The highest BCUT2D eigenvalue weighted by Gasteiger charge is 2.31. The molecule has 86 valence electrons. The van der Waals surface area contributed by atoms with E-state index >= 15 is 0 Å². The van der Waals surface area contributed by atoms with Crippen molar-refractivity contribution in [1.29, 1.82) is 0 Å². The smallest absolute Gasteiger partial charge is 0.0634 e. The number of hydrogen-bond acceptors (Lipinski definition) is 4. The molecule has 0 spiro atoms. The minimum atomic E-state index is 0.667. The zero-order valence-corrected chi connectivity index (χ0v) is 9.32. The minimum absolute atomic E-state index is 0.667. The molecule has 3 aliphatic heterocycles. The Hall–Kier alpha value is -0.160. The van der Waals surface area contributed by atoms with Gasteiger partial charge in [0, 0.05) is 51.9 Å². The topological polar surface area (TPSA) is 27.7 Å². The van der Waals surface area contributed by atoms with Crippen LogP contribution >= 0.6 is 0 Å². The molecule has 0 aromatic rings. The predicted octanol–water partition coefficient (Wildman–Crippen LogP) is -0.778. The standard InChI is InChI=1S/C11H21N3O/c1-2-14-3-4-15-9-11(14)8-13(1)7-10-5-12-6-10/h10-12H,1-9H2/t11-/m0/s1. The van der Waals surface area contributed by atoms with Gasteiger partial charge in [0.25, 0.3) is 0 Å². The summed E-state index contributed by atoms with van der Waals surface area (Å²) in [5, 5.41) is 3.35. The van der Waals surface area contributed by atoms with Gasteiger partial charge in [-0.05, 0) is 5.92 Å². The van der Waals surface area contributed by atoms with Crippen molar-refractivity contribution < 1.29 is 4.74 Å². The summed E-state index contributed by atoms with van der Waals surface area (Å²) < 4.78 is 5.55. The summed E-state index contributed by atoms with van der Waals surface area (Å²) in [6.45, 7) is 10.5. The molecule has 3 aliphatic rings. The Balaban J connectivity index is 1.50. The number of piperazine rings is 1. The van der Waals surface area contributed by atoms with Gasteiger partial charge in [-0.3, -0.25) is 4.90 Å². The lowest BCUT2D eigenvalue weighted by Gasteiger charge is -2.45. The largest absolute Gasteiger partial charge is 0.378 e. The van der Waals surface area contributed by atoms with Crippen LogP contribution in [0.15, 0.2) is 0 Å². The molecule has 1 atom stereocenters. The molecule has 0 aliphatic carbocycles. The highest BCUT2D eigenvalue weighted by Crippen LogP contribution is 2.15. The first-order valence-electron chi connectivity index (χ1n) is 6.17. The first-order chi connectivity index (χ1) is 7.42. The summed E-state index contributed by atoms with van der Waals surface area (Å²) in [6, 6.07) is 0.667.